The summed E-state index contributed by atoms with van der Waals surface area (Å²) in [5.41, 5.74) is 1.96. The Labute approximate surface area is 150 Å². The van der Waals surface area contributed by atoms with Crippen molar-refractivity contribution in [1.29, 1.82) is 0 Å². The SMILES string of the molecule is CCN(CC)C(c1ccc(O)c([N+](=O)[O-])c1)c1c[nH]c2ccc(F)cc12. The quantitative estimate of drug-likeness (QED) is 0.507. The zero-order chi connectivity index (χ0) is 18.8. The molecular weight excluding hydrogens is 337 g/mol. The molecule has 1 aromatic heterocycles. The molecule has 0 amide bonds. The molecule has 0 radical (unpaired) electrons. The van der Waals surface area contributed by atoms with Crippen LogP contribution < -0.4 is 0 Å². The summed E-state index contributed by atoms with van der Waals surface area (Å²) in [6.07, 6.45) is 1.81. The van der Waals surface area contributed by atoms with Gasteiger partial charge in [0.05, 0.1) is 11.0 Å². The second-order valence-corrected chi connectivity index (χ2v) is 6.06. The van der Waals surface area contributed by atoms with Crippen molar-refractivity contribution in [3.63, 3.8) is 0 Å². The number of aromatic amines is 1. The summed E-state index contributed by atoms with van der Waals surface area (Å²) in [5, 5.41) is 21.7. The van der Waals surface area contributed by atoms with Crippen molar-refractivity contribution in [2.75, 3.05) is 13.1 Å². The predicted octanol–water partition coefficient (Wildman–Crippen LogP) is 4.35. The van der Waals surface area contributed by atoms with Gasteiger partial charge in [-0.1, -0.05) is 19.9 Å². The maximum Gasteiger partial charge on any atom is 0.311 e. The van der Waals surface area contributed by atoms with Crippen molar-refractivity contribution in [2.45, 2.75) is 19.9 Å². The Hall–Kier alpha value is -2.93. The average molecular weight is 357 g/mol. The van der Waals surface area contributed by atoms with Crippen molar-refractivity contribution < 1.29 is 14.4 Å². The highest BCUT2D eigenvalue weighted by Gasteiger charge is 2.26. The first-order chi connectivity index (χ1) is 12.5. The van der Waals surface area contributed by atoms with E-state index in [1.807, 2.05) is 20.0 Å². The standard InChI is InChI=1S/C19H20FN3O3/c1-3-22(4-2)19(12-5-8-18(24)17(9-12)23(25)26)15-11-21-16-7-6-13(20)10-14(15)16/h5-11,19,21,24H,3-4H2,1-2H3. The van der Waals surface area contributed by atoms with Crippen LogP contribution in [0.5, 0.6) is 5.75 Å². The number of halogens is 1. The molecule has 0 bridgehead atoms. The Morgan fingerprint density at radius 2 is 1.96 bits per heavy atom. The molecule has 3 rings (SSSR count). The van der Waals surface area contributed by atoms with Crippen LogP contribution in [0.15, 0.2) is 42.6 Å². The number of hydrogen-bond acceptors (Lipinski definition) is 4. The van der Waals surface area contributed by atoms with Crippen molar-refractivity contribution in [3.05, 3.63) is 69.7 Å². The van der Waals surface area contributed by atoms with Crippen molar-refractivity contribution >= 4 is 16.6 Å². The molecule has 0 fully saturated rings. The van der Waals surface area contributed by atoms with Crippen LogP contribution in [0.1, 0.15) is 31.0 Å². The number of nitro benzene ring substituents is 1. The number of benzene rings is 2. The fraction of sp³-hybridized carbons (Fsp3) is 0.263. The van der Waals surface area contributed by atoms with Gasteiger partial charge in [0.1, 0.15) is 5.82 Å². The normalized spacial score (nSPS) is 12.6. The van der Waals surface area contributed by atoms with Gasteiger partial charge in [-0.05, 0) is 48.5 Å². The monoisotopic (exact) mass is 357 g/mol. The third kappa shape index (κ3) is 3.13. The van der Waals surface area contributed by atoms with E-state index >= 15 is 0 Å². The van der Waals surface area contributed by atoms with E-state index in [0.717, 1.165) is 16.5 Å². The van der Waals surface area contributed by atoms with E-state index in [0.29, 0.717) is 18.7 Å². The summed E-state index contributed by atoms with van der Waals surface area (Å²) in [7, 11) is 0. The molecule has 1 atom stereocenters. The second kappa shape index (κ2) is 7.13. The lowest BCUT2D eigenvalue weighted by atomic mass is 9.95. The maximum atomic E-state index is 13.8. The lowest BCUT2D eigenvalue weighted by molar-refractivity contribution is -0.385. The van der Waals surface area contributed by atoms with Crippen LogP contribution in [0.4, 0.5) is 10.1 Å². The number of nitrogens with zero attached hydrogens (tertiary/aromatic N) is 2. The van der Waals surface area contributed by atoms with Gasteiger partial charge in [0, 0.05) is 23.2 Å². The first-order valence-electron chi connectivity index (χ1n) is 8.44. The molecule has 0 spiro atoms. The first-order valence-corrected chi connectivity index (χ1v) is 8.44. The number of aromatic hydroxyl groups is 1. The number of H-pyrrole nitrogens is 1. The number of hydrogen-bond donors (Lipinski definition) is 2. The number of nitro groups is 1. The Kier molecular flexibility index (Phi) is 4.90. The summed E-state index contributed by atoms with van der Waals surface area (Å²) >= 11 is 0. The Balaban J connectivity index is 2.22. The zero-order valence-electron chi connectivity index (χ0n) is 14.6. The second-order valence-electron chi connectivity index (χ2n) is 6.06. The van der Waals surface area contributed by atoms with Crippen molar-refractivity contribution in [3.8, 4) is 5.75 Å². The molecule has 1 heterocycles. The highest BCUT2D eigenvalue weighted by molar-refractivity contribution is 5.84. The molecule has 136 valence electrons. The van der Waals surface area contributed by atoms with Gasteiger partial charge in [-0.15, -0.1) is 0 Å². The van der Waals surface area contributed by atoms with E-state index in [-0.39, 0.29) is 23.3 Å². The predicted molar refractivity (Wildman–Crippen MR) is 97.8 cm³/mol. The summed E-state index contributed by atoms with van der Waals surface area (Å²) in [5.74, 6) is -0.713. The third-order valence-corrected chi connectivity index (χ3v) is 4.66. The highest BCUT2D eigenvalue weighted by Crippen LogP contribution is 2.37. The molecule has 7 heteroatoms. The average Bonchev–Trinajstić information content (AvgIpc) is 3.02. The molecular formula is C19H20FN3O3. The van der Waals surface area contributed by atoms with Crippen LogP contribution >= 0.6 is 0 Å². The van der Waals surface area contributed by atoms with E-state index in [9.17, 15) is 19.6 Å². The fourth-order valence-corrected chi connectivity index (χ4v) is 3.37. The lowest BCUT2D eigenvalue weighted by Crippen LogP contribution is -2.29. The number of rotatable bonds is 6. The largest absolute Gasteiger partial charge is 0.502 e. The zero-order valence-corrected chi connectivity index (χ0v) is 14.6. The molecule has 0 aliphatic rings. The number of aromatic nitrogens is 1. The van der Waals surface area contributed by atoms with Crippen LogP contribution in [-0.4, -0.2) is 33.0 Å². The van der Waals surface area contributed by atoms with Gasteiger partial charge in [0.25, 0.3) is 0 Å². The molecule has 6 nitrogen and oxygen atoms in total. The first kappa shape index (κ1) is 17.9. The Bertz CT molecular complexity index is 950. The number of fused-ring (bicyclic) bond motifs is 1. The molecule has 0 saturated carbocycles. The summed E-state index contributed by atoms with van der Waals surface area (Å²) < 4.78 is 13.8. The van der Waals surface area contributed by atoms with Gasteiger partial charge >= 0.3 is 5.69 Å². The summed E-state index contributed by atoms with van der Waals surface area (Å²) in [6, 6.07) is 8.61. The third-order valence-electron chi connectivity index (χ3n) is 4.66. The molecule has 0 aliphatic heterocycles. The van der Waals surface area contributed by atoms with E-state index in [1.54, 1.807) is 12.1 Å². The number of nitrogens with one attached hydrogen (secondary N) is 1. The van der Waals surface area contributed by atoms with E-state index in [1.165, 1.54) is 24.3 Å². The number of phenolic OH excluding ortho intramolecular Hbond substituents is 1. The number of phenols is 1. The minimum Gasteiger partial charge on any atom is -0.502 e. The van der Waals surface area contributed by atoms with Crippen LogP contribution in [0.3, 0.4) is 0 Å². The molecule has 2 aromatic carbocycles. The minimum absolute atomic E-state index is 0.306. The molecule has 26 heavy (non-hydrogen) atoms. The maximum absolute atomic E-state index is 13.8. The topological polar surface area (TPSA) is 82.4 Å². The van der Waals surface area contributed by atoms with Crippen LogP contribution in [0.25, 0.3) is 10.9 Å². The minimum atomic E-state index is -0.604. The van der Waals surface area contributed by atoms with Gasteiger partial charge in [0.2, 0.25) is 0 Å². The summed E-state index contributed by atoms with van der Waals surface area (Å²) in [6.45, 7) is 5.41. The molecule has 0 aliphatic carbocycles. The van der Waals surface area contributed by atoms with Crippen molar-refractivity contribution in [1.82, 2.24) is 9.88 Å². The highest BCUT2D eigenvalue weighted by atomic mass is 19.1. The van der Waals surface area contributed by atoms with Gasteiger partial charge in [-0.3, -0.25) is 15.0 Å². The molecule has 1 unspecified atom stereocenters. The van der Waals surface area contributed by atoms with E-state index in [4.69, 9.17) is 0 Å². The molecule has 3 aromatic rings. The van der Waals surface area contributed by atoms with Crippen molar-refractivity contribution in [2.24, 2.45) is 0 Å². The lowest BCUT2D eigenvalue weighted by Gasteiger charge is -2.30. The van der Waals surface area contributed by atoms with Gasteiger partial charge in [0.15, 0.2) is 5.75 Å². The fourth-order valence-electron chi connectivity index (χ4n) is 3.37. The summed E-state index contributed by atoms with van der Waals surface area (Å²) in [4.78, 5) is 15.9. The van der Waals surface area contributed by atoms with E-state index in [2.05, 4.69) is 9.88 Å². The molecule has 0 saturated heterocycles. The Morgan fingerprint density at radius 3 is 2.62 bits per heavy atom. The smallest absolute Gasteiger partial charge is 0.311 e. The van der Waals surface area contributed by atoms with Gasteiger partial charge in [-0.2, -0.15) is 0 Å². The van der Waals surface area contributed by atoms with Crippen LogP contribution in [-0.2, 0) is 0 Å². The Morgan fingerprint density at radius 1 is 1.23 bits per heavy atom. The molecule has 2 N–H and O–H groups in total. The van der Waals surface area contributed by atoms with Crippen LogP contribution in [0.2, 0.25) is 0 Å². The van der Waals surface area contributed by atoms with Gasteiger partial charge < -0.3 is 10.1 Å². The van der Waals surface area contributed by atoms with Crippen LogP contribution in [0, 0.1) is 15.9 Å². The van der Waals surface area contributed by atoms with E-state index < -0.39 is 4.92 Å². The van der Waals surface area contributed by atoms with Gasteiger partial charge in [-0.25, -0.2) is 4.39 Å².